The summed E-state index contributed by atoms with van der Waals surface area (Å²) >= 11 is 0. The van der Waals surface area contributed by atoms with Gasteiger partial charge in [-0.2, -0.15) is 0 Å². The molecule has 0 aliphatic heterocycles. The summed E-state index contributed by atoms with van der Waals surface area (Å²) in [7, 11) is 0. The summed E-state index contributed by atoms with van der Waals surface area (Å²) in [5.41, 5.74) is 5.11. The van der Waals surface area contributed by atoms with E-state index in [1.807, 2.05) is 24.3 Å². The summed E-state index contributed by atoms with van der Waals surface area (Å²) in [5, 5.41) is 0. The van der Waals surface area contributed by atoms with Gasteiger partial charge in [0.05, 0.1) is 0 Å². The number of aryl methyl sites for hydroxylation is 2. The first-order chi connectivity index (χ1) is 13.6. The Morgan fingerprint density at radius 1 is 0.571 bits per heavy atom. The Balaban J connectivity index is 1.76. The van der Waals surface area contributed by atoms with E-state index >= 15 is 0 Å². The van der Waals surface area contributed by atoms with Gasteiger partial charge in [0.25, 0.3) is 0 Å². The molecule has 2 nitrogen and oxygen atoms in total. The summed E-state index contributed by atoms with van der Waals surface area (Å²) in [4.78, 5) is 25.4. The zero-order valence-electron chi connectivity index (χ0n) is 16.8. The molecule has 2 aromatic rings. The molecule has 2 aromatic carbocycles. The largest absolute Gasteiger partial charge is 0.289 e. The van der Waals surface area contributed by atoms with Crippen LogP contribution in [0, 0.1) is 0 Å². The maximum atomic E-state index is 12.7. The lowest BCUT2D eigenvalue weighted by Crippen LogP contribution is -2.12. The molecule has 0 bridgehead atoms. The van der Waals surface area contributed by atoms with Gasteiger partial charge in [0.2, 0.25) is 0 Å². The van der Waals surface area contributed by atoms with Crippen molar-refractivity contribution in [2.75, 3.05) is 0 Å². The number of allylic oxidation sites excluding steroid dienone is 4. The predicted molar refractivity (Wildman–Crippen MR) is 116 cm³/mol. The van der Waals surface area contributed by atoms with E-state index in [1.165, 1.54) is 23.3 Å². The van der Waals surface area contributed by atoms with Gasteiger partial charge in [0.1, 0.15) is 0 Å². The number of carbonyl (C=O) groups is 2. The van der Waals surface area contributed by atoms with Crippen LogP contribution in [0.2, 0.25) is 0 Å². The number of ketones is 2. The Morgan fingerprint density at radius 3 is 1.25 bits per heavy atom. The van der Waals surface area contributed by atoms with Crippen molar-refractivity contribution in [3.63, 3.8) is 0 Å². The Labute approximate surface area is 168 Å². The van der Waals surface area contributed by atoms with Gasteiger partial charge in [0.15, 0.2) is 11.6 Å². The highest BCUT2D eigenvalue weighted by atomic mass is 16.1. The molecule has 0 heterocycles. The molecule has 0 N–H and O–H groups in total. The van der Waals surface area contributed by atoms with E-state index in [0.29, 0.717) is 11.1 Å². The zero-order chi connectivity index (χ0) is 19.9. The van der Waals surface area contributed by atoms with Crippen molar-refractivity contribution >= 4 is 22.7 Å². The van der Waals surface area contributed by atoms with E-state index in [0.717, 1.165) is 49.7 Å². The molecule has 1 aliphatic rings. The van der Waals surface area contributed by atoms with Crippen LogP contribution in [0.5, 0.6) is 0 Å². The summed E-state index contributed by atoms with van der Waals surface area (Å²) in [5.74, 6) is -0.211. The van der Waals surface area contributed by atoms with Gasteiger partial charge < -0.3 is 0 Å². The van der Waals surface area contributed by atoms with Crippen molar-refractivity contribution in [1.82, 2.24) is 0 Å². The number of hydrogen-bond acceptors (Lipinski definition) is 2. The van der Waals surface area contributed by atoms with Gasteiger partial charge in [-0.25, -0.2) is 0 Å². The minimum Gasteiger partial charge on any atom is -0.289 e. The maximum Gasteiger partial charge on any atom is 0.187 e. The molecule has 1 aliphatic carbocycles. The number of hydrogen-bond donors (Lipinski definition) is 0. The van der Waals surface area contributed by atoms with Crippen LogP contribution < -0.4 is 0 Å². The number of benzene rings is 2. The lowest BCUT2D eigenvalue weighted by atomic mass is 9.88. The fraction of sp³-hybridized carbons (Fsp3) is 0.308. The third-order valence-corrected chi connectivity index (χ3v) is 5.25. The van der Waals surface area contributed by atoms with Crippen LogP contribution in [0.25, 0.3) is 11.1 Å². The molecule has 3 rings (SSSR count). The second-order valence-electron chi connectivity index (χ2n) is 7.45. The van der Waals surface area contributed by atoms with Gasteiger partial charge in [-0.3, -0.25) is 9.59 Å². The van der Waals surface area contributed by atoms with Crippen LogP contribution in [0.15, 0.2) is 60.7 Å². The topological polar surface area (TPSA) is 34.1 Å². The van der Waals surface area contributed by atoms with Crippen LogP contribution in [0.4, 0.5) is 0 Å². The average molecular weight is 373 g/mol. The van der Waals surface area contributed by atoms with E-state index in [-0.39, 0.29) is 11.6 Å². The first kappa shape index (κ1) is 20.0. The fourth-order valence-electron chi connectivity index (χ4n) is 3.47. The van der Waals surface area contributed by atoms with Crippen molar-refractivity contribution in [3.05, 3.63) is 82.9 Å². The molecule has 2 heteroatoms. The molecular weight excluding hydrogens is 344 g/mol. The lowest BCUT2D eigenvalue weighted by molar-refractivity contribution is -0.112. The lowest BCUT2D eigenvalue weighted by Gasteiger charge is -2.14. The second-order valence-corrected chi connectivity index (χ2v) is 7.45. The first-order valence-electron chi connectivity index (χ1n) is 10.3. The molecule has 144 valence electrons. The SMILES string of the molecule is CCCCc1ccc(C2=CC(=O)C(c3ccc(CCCC)cc3)=CC2=O)cc1. The molecule has 0 spiro atoms. The highest BCUT2D eigenvalue weighted by Crippen LogP contribution is 2.27. The number of unbranched alkanes of at least 4 members (excludes halogenated alkanes) is 2. The van der Waals surface area contributed by atoms with Crippen LogP contribution >= 0.6 is 0 Å². The maximum absolute atomic E-state index is 12.7. The van der Waals surface area contributed by atoms with E-state index in [9.17, 15) is 9.59 Å². The molecule has 0 unspecified atom stereocenters. The number of carbonyl (C=O) groups excluding carboxylic acids is 2. The van der Waals surface area contributed by atoms with E-state index in [2.05, 4.69) is 38.1 Å². The fourth-order valence-corrected chi connectivity index (χ4v) is 3.47. The summed E-state index contributed by atoms with van der Waals surface area (Å²) in [6.07, 6.45) is 9.70. The van der Waals surface area contributed by atoms with Crippen molar-refractivity contribution in [1.29, 1.82) is 0 Å². The van der Waals surface area contributed by atoms with Gasteiger partial charge in [-0.15, -0.1) is 0 Å². The molecule has 0 aromatic heterocycles. The third-order valence-electron chi connectivity index (χ3n) is 5.25. The Kier molecular flexibility index (Phi) is 6.76. The molecule has 0 saturated carbocycles. The third kappa shape index (κ3) is 4.75. The molecule has 0 amide bonds. The van der Waals surface area contributed by atoms with Gasteiger partial charge in [-0.1, -0.05) is 75.2 Å². The van der Waals surface area contributed by atoms with Crippen molar-refractivity contribution in [2.24, 2.45) is 0 Å². The smallest absolute Gasteiger partial charge is 0.187 e. The molecule has 0 saturated heterocycles. The van der Waals surface area contributed by atoms with Crippen molar-refractivity contribution in [3.8, 4) is 0 Å². The zero-order valence-corrected chi connectivity index (χ0v) is 16.8. The summed E-state index contributed by atoms with van der Waals surface area (Å²) in [6, 6.07) is 16.0. The van der Waals surface area contributed by atoms with Crippen LogP contribution in [-0.4, -0.2) is 11.6 Å². The monoisotopic (exact) mass is 372 g/mol. The normalized spacial score (nSPS) is 14.1. The standard InChI is InChI=1S/C26H28O2/c1-3-5-7-19-9-13-21(14-10-19)23-17-26(28)24(18-25(23)27)22-15-11-20(12-16-22)8-6-4-2/h9-18H,3-8H2,1-2H3. The molecule has 0 fully saturated rings. The van der Waals surface area contributed by atoms with E-state index < -0.39 is 0 Å². The van der Waals surface area contributed by atoms with E-state index in [4.69, 9.17) is 0 Å². The summed E-state index contributed by atoms with van der Waals surface area (Å²) < 4.78 is 0. The van der Waals surface area contributed by atoms with Crippen molar-refractivity contribution in [2.45, 2.75) is 52.4 Å². The molecule has 0 radical (unpaired) electrons. The van der Waals surface area contributed by atoms with Gasteiger partial charge in [-0.05, 0) is 60.1 Å². The Morgan fingerprint density at radius 2 is 0.929 bits per heavy atom. The second kappa shape index (κ2) is 9.45. The Hall–Kier alpha value is -2.74. The van der Waals surface area contributed by atoms with Crippen LogP contribution in [0.1, 0.15) is 61.8 Å². The average Bonchev–Trinajstić information content (AvgIpc) is 2.73. The highest BCUT2D eigenvalue weighted by Gasteiger charge is 2.22. The quantitative estimate of drug-likeness (QED) is 0.533. The first-order valence-corrected chi connectivity index (χ1v) is 10.3. The van der Waals surface area contributed by atoms with Crippen LogP contribution in [-0.2, 0) is 22.4 Å². The molecule has 0 atom stereocenters. The molecular formula is C26H28O2. The van der Waals surface area contributed by atoms with Crippen molar-refractivity contribution < 1.29 is 9.59 Å². The molecule has 28 heavy (non-hydrogen) atoms. The summed E-state index contributed by atoms with van der Waals surface area (Å²) in [6.45, 7) is 4.35. The number of rotatable bonds is 8. The minimum atomic E-state index is -0.106. The minimum absolute atomic E-state index is 0.106. The van der Waals surface area contributed by atoms with Crippen LogP contribution in [0.3, 0.4) is 0 Å². The predicted octanol–water partition coefficient (Wildman–Crippen LogP) is 5.99. The van der Waals surface area contributed by atoms with Gasteiger partial charge >= 0.3 is 0 Å². The highest BCUT2D eigenvalue weighted by molar-refractivity contribution is 6.43. The van der Waals surface area contributed by atoms with Gasteiger partial charge in [0, 0.05) is 11.1 Å². The Bertz CT molecular complexity index is 819. The van der Waals surface area contributed by atoms with E-state index in [1.54, 1.807) is 0 Å².